The van der Waals surface area contributed by atoms with Crippen molar-refractivity contribution in [1.82, 2.24) is 15.6 Å². The number of nitrogens with one attached hydrogen (secondary N) is 2. The summed E-state index contributed by atoms with van der Waals surface area (Å²) in [5.74, 6) is 2.27. The van der Waals surface area contributed by atoms with Crippen molar-refractivity contribution in [3.63, 3.8) is 0 Å². The Morgan fingerprint density at radius 3 is 2.46 bits per heavy atom. The zero-order chi connectivity index (χ0) is 19.7. The molecule has 0 fully saturated rings. The van der Waals surface area contributed by atoms with Crippen molar-refractivity contribution >= 4 is 29.9 Å². The minimum atomic E-state index is -0.0475. The number of aliphatic imine (C=N–C) groups is 1. The number of hydrogen-bond donors (Lipinski definition) is 2. The van der Waals surface area contributed by atoms with Crippen LogP contribution in [0.1, 0.15) is 57.4 Å². The molecule has 6 nitrogen and oxygen atoms in total. The van der Waals surface area contributed by atoms with E-state index in [9.17, 15) is 0 Å². The maximum atomic E-state index is 5.83. The van der Waals surface area contributed by atoms with Crippen LogP contribution in [0.25, 0.3) is 0 Å². The van der Waals surface area contributed by atoms with E-state index in [-0.39, 0.29) is 29.4 Å². The molecule has 0 bridgehead atoms. The van der Waals surface area contributed by atoms with Gasteiger partial charge in [0.2, 0.25) is 5.89 Å². The molecule has 0 unspecified atom stereocenters. The molecule has 1 heterocycles. The van der Waals surface area contributed by atoms with Crippen LogP contribution in [0.5, 0.6) is 0 Å². The van der Waals surface area contributed by atoms with Gasteiger partial charge in [0.05, 0.1) is 25.9 Å². The summed E-state index contributed by atoms with van der Waals surface area (Å²) in [4.78, 5) is 9.04. The molecule has 0 amide bonds. The molecule has 2 N–H and O–H groups in total. The molecule has 1 aromatic carbocycles. The van der Waals surface area contributed by atoms with Gasteiger partial charge in [-0.05, 0) is 25.0 Å². The molecule has 2 rings (SSSR count). The number of benzene rings is 1. The average Bonchev–Trinajstić information content (AvgIpc) is 3.12. The van der Waals surface area contributed by atoms with Crippen molar-refractivity contribution in [3.8, 4) is 0 Å². The summed E-state index contributed by atoms with van der Waals surface area (Å²) >= 11 is 0. The summed E-state index contributed by atoms with van der Waals surface area (Å²) in [5, 5.41) is 6.55. The van der Waals surface area contributed by atoms with Crippen molar-refractivity contribution in [2.24, 2.45) is 4.99 Å². The maximum Gasteiger partial charge on any atom is 0.213 e. The van der Waals surface area contributed by atoms with E-state index in [4.69, 9.17) is 14.1 Å². The molecule has 0 aliphatic carbocycles. The first-order valence-electron chi connectivity index (χ1n) is 9.56. The first-order valence-corrected chi connectivity index (χ1v) is 9.56. The maximum absolute atomic E-state index is 5.83. The van der Waals surface area contributed by atoms with E-state index in [2.05, 4.69) is 48.5 Å². The summed E-state index contributed by atoms with van der Waals surface area (Å²) in [5.41, 5.74) is 2.28. The second-order valence-electron chi connectivity index (χ2n) is 7.32. The number of nitrogens with zero attached hydrogens (tertiary/aromatic N) is 2. The normalized spacial score (nSPS) is 11.8. The number of hydrogen-bond acceptors (Lipinski definition) is 4. The SMILES string of the molecule is CCNC(=NCc1ccccc1COCC)NCc1ncc(C(C)(C)C)o1.I. The molecule has 0 atom stereocenters. The number of ether oxygens (including phenoxy) is 1. The topological polar surface area (TPSA) is 71.7 Å². The van der Waals surface area contributed by atoms with Crippen LogP contribution in [0, 0.1) is 0 Å². The van der Waals surface area contributed by atoms with E-state index in [1.165, 1.54) is 5.56 Å². The van der Waals surface area contributed by atoms with Crippen LogP contribution in [0.2, 0.25) is 0 Å². The minimum Gasteiger partial charge on any atom is -0.443 e. The van der Waals surface area contributed by atoms with Crippen LogP contribution >= 0.6 is 24.0 Å². The quantitative estimate of drug-likeness (QED) is 0.320. The van der Waals surface area contributed by atoms with Gasteiger partial charge in [-0.15, -0.1) is 24.0 Å². The lowest BCUT2D eigenvalue weighted by molar-refractivity contribution is 0.133. The van der Waals surface area contributed by atoms with Gasteiger partial charge < -0.3 is 19.8 Å². The average molecular weight is 500 g/mol. The van der Waals surface area contributed by atoms with Gasteiger partial charge in [0.15, 0.2) is 5.96 Å². The highest BCUT2D eigenvalue weighted by Gasteiger charge is 2.19. The third-order valence-electron chi connectivity index (χ3n) is 4.03. The Kier molecular flexibility index (Phi) is 10.5. The van der Waals surface area contributed by atoms with Crippen molar-refractivity contribution in [2.45, 2.75) is 59.7 Å². The number of rotatable bonds is 8. The van der Waals surface area contributed by atoms with Gasteiger partial charge in [-0.3, -0.25) is 0 Å². The Labute approximate surface area is 185 Å². The van der Waals surface area contributed by atoms with Crippen molar-refractivity contribution in [2.75, 3.05) is 13.2 Å². The van der Waals surface area contributed by atoms with Crippen molar-refractivity contribution in [1.29, 1.82) is 0 Å². The van der Waals surface area contributed by atoms with Crippen LogP contribution in [-0.4, -0.2) is 24.1 Å². The number of halogens is 1. The van der Waals surface area contributed by atoms with E-state index in [1.807, 2.05) is 26.0 Å². The second kappa shape index (κ2) is 12.1. The lowest BCUT2D eigenvalue weighted by atomic mass is 9.94. The fraction of sp³-hybridized carbons (Fsp3) is 0.524. The summed E-state index contributed by atoms with van der Waals surface area (Å²) in [7, 11) is 0. The fourth-order valence-electron chi connectivity index (χ4n) is 2.47. The Morgan fingerprint density at radius 1 is 1.14 bits per heavy atom. The molecule has 2 aromatic rings. The molecule has 0 spiro atoms. The molecule has 0 radical (unpaired) electrons. The first kappa shape index (κ1) is 24.4. The third kappa shape index (κ3) is 7.79. The number of oxazole rings is 1. The Morgan fingerprint density at radius 2 is 1.86 bits per heavy atom. The van der Waals surface area contributed by atoms with Crippen molar-refractivity contribution < 1.29 is 9.15 Å². The fourth-order valence-corrected chi connectivity index (χ4v) is 2.47. The predicted octanol–water partition coefficient (Wildman–Crippen LogP) is 4.38. The lowest BCUT2D eigenvalue weighted by Crippen LogP contribution is -2.36. The molecule has 28 heavy (non-hydrogen) atoms. The molecule has 0 aliphatic rings. The summed E-state index contributed by atoms with van der Waals surface area (Å²) in [6, 6.07) is 8.23. The van der Waals surface area contributed by atoms with Gasteiger partial charge in [-0.2, -0.15) is 0 Å². The monoisotopic (exact) mass is 500 g/mol. The summed E-state index contributed by atoms with van der Waals surface area (Å²) < 4.78 is 11.4. The van der Waals surface area contributed by atoms with Crippen LogP contribution in [-0.2, 0) is 29.8 Å². The Hall–Kier alpha value is -1.61. The highest BCUT2D eigenvalue weighted by Crippen LogP contribution is 2.22. The Bertz CT molecular complexity index is 738. The molecule has 156 valence electrons. The van der Waals surface area contributed by atoms with Crippen LogP contribution in [0.3, 0.4) is 0 Å². The van der Waals surface area contributed by atoms with E-state index >= 15 is 0 Å². The molecule has 0 aliphatic heterocycles. The standard InChI is InChI=1S/C21H32N4O2.HI/c1-6-22-20(25-14-19-23-13-18(27-19)21(3,4)5)24-12-16-10-8-9-11-17(16)15-26-7-2;/h8-11,13H,6-7,12,14-15H2,1-5H3,(H2,22,24,25);1H. The summed E-state index contributed by atoms with van der Waals surface area (Å²) in [6.07, 6.45) is 1.80. The van der Waals surface area contributed by atoms with Crippen LogP contribution < -0.4 is 10.6 Å². The van der Waals surface area contributed by atoms with Gasteiger partial charge in [-0.1, -0.05) is 45.0 Å². The first-order chi connectivity index (χ1) is 12.9. The van der Waals surface area contributed by atoms with E-state index in [0.29, 0.717) is 32.2 Å². The highest BCUT2D eigenvalue weighted by atomic mass is 127. The zero-order valence-electron chi connectivity index (χ0n) is 17.5. The lowest BCUT2D eigenvalue weighted by Gasteiger charge is -2.13. The largest absolute Gasteiger partial charge is 0.443 e. The molecule has 1 aromatic heterocycles. The van der Waals surface area contributed by atoms with Gasteiger partial charge in [0.1, 0.15) is 5.76 Å². The minimum absolute atomic E-state index is 0. The molecular weight excluding hydrogens is 467 g/mol. The zero-order valence-corrected chi connectivity index (χ0v) is 19.9. The highest BCUT2D eigenvalue weighted by molar-refractivity contribution is 14.0. The second-order valence-corrected chi connectivity index (χ2v) is 7.32. The van der Waals surface area contributed by atoms with Crippen LogP contribution in [0.4, 0.5) is 0 Å². The van der Waals surface area contributed by atoms with Crippen LogP contribution in [0.15, 0.2) is 39.9 Å². The smallest absolute Gasteiger partial charge is 0.213 e. The summed E-state index contributed by atoms with van der Waals surface area (Å²) in [6.45, 7) is 13.5. The Balaban J connectivity index is 0.00000392. The molecule has 0 saturated heterocycles. The van der Waals surface area contributed by atoms with Gasteiger partial charge in [-0.25, -0.2) is 9.98 Å². The predicted molar refractivity (Wildman–Crippen MR) is 124 cm³/mol. The molecule has 7 heteroatoms. The molecule has 0 saturated carbocycles. The van der Waals surface area contributed by atoms with Gasteiger partial charge in [0.25, 0.3) is 0 Å². The number of aromatic nitrogens is 1. The van der Waals surface area contributed by atoms with Gasteiger partial charge >= 0.3 is 0 Å². The molecular formula is C21H33IN4O2. The third-order valence-corrected chi connectivity index (χ3v) is 4.03. The van der Waals surface area contributed by atoms with Gasteiger partial charge in [0, 0.05) is 18.6 Å². The number of guanidine groups is 1. The van der Waals surface area contributed by atoms with E-state index in [0.717, 1.165) is 23.8 Å². The van der Waals surface area contributed by atoms with E-state index in [1.54, 1.807) is 6.20 Å². The van der Waals surface area contributed by atoms with Crippen molar-refractivity contribution in [3.05, 3.63) is 53.2 Å². The van der Waals surface area contributed by atoms with E-state index < -0.39 is 0 Å².